The van der Waals surface area contributed by atoms with Crippen LogP contribution in [0, 0.1) is 5.92 Å². The summed E-state index contributed by atoms with van der Waals surface area (Å²) in [6, 6.07) is 0.628. The lowest BCUT2D eigenvalue weighted by atomic mass is 9.87. The maximum Gasteiger partial charge on any atom is 0.186 e. The van der Waals surface area contributed by atoms with Crippen molar-refractivity contribution in [3.05, 3.63) is 6.33 Å². The fraction of sp³-hybridized carbons (Fsp3) is 0.846. The van der Waals surface area contributed by atoms with Crippen molar-refractivity contribution in [2.24, 2.45) is 13.0 Å². The van der Waals surface area contributed by atoms with Gasteiger partial charge in [-0.1, -0.05) is 25.6 Å². The molecule has 2 rings (SSSR count). The summed E-state index contributed by atoms with van der Waals surface area (Å²) >= 11 is 1.89. The summed E-state index contributed by atoms with van der Waals surface area (Å²) < 4.78 is 1.88. The van der Waals surface area contributed by atoms with Crippen LogP contribution in [-0.4, -0.2) is 32.6 Å². The minimum Gasteiger partial charge on any atom is -0.313 e. The molecule has 3 unspecified atom stereocenters. The van der Waals surface area contributed by atoms with Gasteiger partial charge < -0.3 is 5.32 Å². The van der Waals surface area contributed by atoms with Crippen LogP contribution in [0.5, 0.6) is 0 Å². The Hall–Kier alpha value is -0.550. The largest absolute Gasteiger partial charge is 0.313 e. The van der Waals surface area contributed by atoms with E-state index in [9.17, 15) is 0 Å². The van der Waals surface area contributed by atoms with Gasteiger partial charge in [0.05, 0.1) is 0 Å². The molecule has 0 aromatic carbocycles. The zero-order valence-corrected chi connectivity index (χ0v) is 12.4. The number of rotatable bonds is 5. The van der Waals surface area contributed by atoms with Gasteiger partial charge in [0.25, 0.3) is 0 Å². The number of aromatic nitrogens is 3. The summed E-state index contributed by atoms with van der Waals surface area (Å²) in [7, 11) is 1.97. The highest BCUT2D eigenvalue weighted by molar-refractivity contribution is 7.99. The fourth-order valence-corrected chi connectivity index (χ4v) is 3.95. The second-order valence-corrected chi connectivity index (χ2v) is 6.51. The summed E-state index contributed by atoms with van der Waals surface area (Å²) in [4.78, 5) is 4.34. The highest BCUT2D eigenvalue weighted by atomic mass is 32.2. The van der Waals surface area contributed by atoms with Gasteiger partial charge in [0, 0.05) is 18.3 Å². The van der Waals surface area contributed by atoms with E-state index in [0.717, 1.165) is 17.6 Å². The Kier molecular flexibility index (Phi) is 5.06. The van der Waals surface area contributed by atoms with E-state index in [1.165, 1.54) is 25.7 Å². The predicted octanol–water partition coefficient (Wildman–Crippen LogP) is 2.46. The second kappa shape index (κ2) is 6.57. The van der Waals surface area contributed by atoms with Crippen molar-refractivity contribution >= 4 is 11.8 Å². The third kappa shape index (κ3) is 3.48. The molecule has 0 aliphatic heterocycles. The van der Waals surface area contributed by atoms with Crippen molar-refractivity contribution in [3.8, 4) is 0 Å². The summed E-state index contributed by atoms with van der Waals surface area (Å²) in [5, 5.41) is 9.52. The molecule has 1 aromatic heterocycles. The van der Waals surface area contributed by atoms with E-state index < -0.39 is 0 Å². The van der Waals surface area contributed by atoms with E-state index in [1.54, 1.807) is 6.33 Å². The molecule has 1 saturated carbocycles. The topological polar surface area (TPSA) is 42.7 Å². The van der Waals surface area contributed by atoms with Crippen molar-refractivity contribution in [1.29, 1.82) is 0 Å². The Balaban J connectivity index is 1.98. The van der Waals surface area contributed by atoms with Crippen molar-refractivity contribution in [3.63, 3.8) is 0 Å². The smallest absolute Gasteiger partial charge is 0.186 e. The molecule has 1 aliphatic carbocycles. The Labute approximate surface area is 114 Å². The van der Waals surface area contributed by atoms with Crippen LogP contribution >= 0.6 is 11.8 Å². The monoisotopic (exact) mass is 268 g/mol. The van der Waals surface area contributed by atoms with Gasteiger partial charge in [0.15, 0.2) is 5.16 Å². The highest BCUT2D eigenvalue weighted by Crippen LogP contribution is 2.35. The molecule has 4 nitrogen and oxygen atoms in total. The van der Waals surface area contributed by atoms with Gasteiger partial charge in [-0.2, -0.15) is 5.10 Å². The molecule has 0 amide bonds. The molecule has 18 heavy (non-hydrogen) atoms. The summed E-state index contributed by atoms with van der Waals surface area (Å²) in [6.07, 6.45) is 6.75. The van der Waals surface area contributed by atoms with Crippen LogP contribution in [0.1, 0.15) is 39.5 Å². The van der Waals surface area contributed by atoms with Crippen LogP contribution in [0.2, 0.25) is 0 Å². The van der Waals surface area contributed by atoms with Gasteiger partial charge in [-0.3, -0.25) is 0 Å². The molecule has 0 bridgehead atoms. The van der Waals surface area contributed by atoms with Gasteiger partial charge in [-0.25, -0.2) is 9.67 Å². The van der Waals surface area contributed by atoms with E-state index in [0.29, 0.717) is 11.3 Å². The molecule has 102 valence electrons. The van der Waals surface area contributed by atoms with Crippen molar-refractivity contribution in [1.82, 2.24) is 20.1 Å². The number of nitrogens with one attached hydrogen (secondary N) is 1. The lowest BCUT2D eigenvalue weighted by molar-refractivity contribution is 0.317. The zero-order valence-electron chi connectivity index (χ0n) is 11.6. The Morgan fingerprint density at radius 3 is 3.00 bits per heavy atom. The normalized spacial score (nSPS) is 28.5. The number of aryl methyl sites for hydroxylation is 1. The molecule has 1 heterocycles. The lowest BCUT2D eigenvalue weighted by Gasteiger charge is -2.34. The summed E-state index contributed by atoms with van der Waals surface area (Å²) in [5.74, 6) is 0.829. The molecule has 0 spiro atoms. The number of nitrogens with zero attached hydrogens (tertiary/aromatic N) is 3. The first-order chi connectivity index (χ1) is 8.70. The fourth-order valence-electron chi connectivity index (χ4n) is 2.55. The minimum absolute atomic E-state index is 0.628. The van der Waals surface area contributed by atoms with Crippen molar-refractivity contribution in [2.75, 3.05) is 6.54 Å². The first kappa shape index (κ1) is 13.9. The molecular formula is C13H24N4S. The second-order valence-electron chi connectivity index (χ2n) is 5.30. The molecular weight excluding hydrogens is 244 g/mol. The van der Waals surface area contributed by atoms with Gasteiger partial charge in [-0.05, 0) is 38.1 Å². The number of thioether (sulfide) groups is 1. The standard InChI is InChI=1S/C13H24N4S/c1-4-7-14-11-6-5-10(2)8-12(11)18-13-15-9-16-17(13)3/h9-12,14H,4-8H2,1-3H3. The molecule has 1 aliphatic rings. The van der Waals surface area contributed by atoms with E-state index in [2.05, 4.69) is 29.2 Å². The van der Waals surface area contributed by atoms with Gasteiger partial charge in [0.1, 0.15) is 6.33 Å². The molecule has 3 atom stereocenters. The van der Waals surface area contributed by atoms with Crippen LogP contribution in [0.3, 0.4) is 0 Å². The van der Waals surface area contributed by atoms with E-state index in [4.69, 9.17) is 0 Å². The third-order valence-electron chi connectivity index (χ3n) is 3.64. The van der Waals surface area contributed by atoms with Crippen LogP contribution in [0.25, 0.3) is 0 Å². The zero-order chi connectivity index (χ0) is 13.0. The van der Waals surface area contributed by atoms with Crippen molar-refractivity contribution in [2.45, 2.75) is 56.0 Å². The molecule has 1 fully saturated rings. The van der Waals surface area contributed by atoms with Crippen LogP contribution in [0.4, 0.5) is 0 Å². The average Bonchev–Trinajstić information content (AvgIpc) is 2.74. The maximum absolute atomic E-state index is 4.34. The molecule has 0 radical (unpaired) electrons. The lowest BCUT2D eigenvalue weighted by Crippen LogP contribution is -2.42. The summed E-state index contributed by atoms with van der Waals surface area (Å²) in [5.41, 5.74) is 0. The molecule has 1 N–H and O–H groups in total. The highest BCUT2D eigenvalue weighted by Gasteiger charge is 2.29. The van der Waals surface area contributed by atoms with Gasteiger partial charge in [-0.15, -0.1) is 0 Å². The van der Waals surface area contributed by atoms with Crippen LogP contribution < -0.4 is 5.32 Å². The number of hydrogen-bond donors (Lipinski definition) is 1. The first-order valence-corrected chi connectivity index (χ1v) is 7.82. The molecule has 5 heteroatoms. The number of hydrogen-bond acceptors (Lipinski definition) is 4. The SMILES string of the molecule is CCCNC1CCC(C)CC1Sc1ncnn1C. The minimum atomic E-state index is 0.628. The molecule has 1 aromatic rings. The van der Waals surface area contributed by atoms with E-state index in [1.807, 2.05) is 23.5 Å². The Bertz CT molecular complexity index is 364. The van der Waals surface area contributed by atoms with E-state index >= 15 is 0 Å². The molecule has 0 saturated heterocycles. The third-order valence-corrected chi connectivity index (χ3v) is 5.04. The quantitative estimate of drug-likeness (QED) is 0.891. The Morgan fingerprint density at radius 1 is 1.50 bits per heavy atom. The van der Waals surface area contributed by atoms with Crippen molar-refractivity contribution < 1.29 is 0 Å². The predicted molar refractivity (Wildman–Crippen MR) is 75.7 cm³/mol. The average molecular weight is 268 g/mol. The van der Waals surface area contributed by atoms with Gasteiger partial charge in [0.2, 0.25) is 0 Å². The van der Waals surface area contributed by atoms with Gasteiger partial charge >= 0.3 is 0 Å². The van der Waals surface area contributed by atoms with Crippen LogP contribution in [0.15, 0.2) is 11.5 Å². The first-order valence-electron chi connectivity index (χ1n) is 6.94. The maximum atomic E-state index is 4.34. The Morgan fingerprint density at radius 2 is 2.33 bits per heavy atom. The van der Waals surface area contributed by atoms with Crippen LogP contribution in [-0.2, 0) is 7.05 Å². The van der Waals surface area contributed by atoms with E-state index in [-0.39, 0.29) is 0 Å². The summed E-state index contributed by atoms with van der Waals surface area (Å²) in [6.45, 7) is 5.71.